The number of ether oxygens (including phenoxy) is 1. The van der Waals surface area contributed by atoms with Gasteiger partial charge in [-0.25, -0.2) is 0 Å². The molecule has 1 aliphatic heterocycles. The Morgan fingerprint density at radius 1 is 1.20 bits per heavy atom. The number of nitrogens with zero attached hydrogens (tertiary/aromatic N) is 1. The minimum absolute atomic E-state index is 0.0166. The van der Waals surface area contributed by atoms with Gasteiger partial charge in [-0.3, -0.25) is 9.69 Å². The molecule has 1 unspecified atom stereocenters. The van der Waals surface area contributed by atoms with E-state index in [2.05, 4.69) is 44.9 Å². The number of carbonyl (C=O) groups excluding carboxylic acids is 1. The summed E-state index contributed by atoms with van der Waals surface area (Å²) in [5, 5.41) is 3.13. The van der Waals surface area contributed by atoms with Crippen molar-refractivity contribution < 1.29 is 9.53 Å². The Labute approximate surface area is 162 Å². The number of hydrogen-bond donors (Lipinski definition) is 1. The van der Waals surface area contributed by atoms with E-state index >= 15 is 0 Å². The van der Waals surface area contributed by atoms with Crippen molar-refractivity contribution in [2.75, 3.05) is 26.7 Å². The van der Waals surface area contributed by atoms with E-state index in [1.807, 2.05) is 36.4 Å². The molecule has 0 radical (unpaired) electrons. The van der Waals surface area contributed by atoms with Crippen molar-refractivity contribution in [2.24, 2.45) is 0 Å². The van der Waals surface area contributed by atoms with Crippen LogP contribution in [0.1, 0.15) is 34.8 Å². The van der Waals surface area contributed by atoms with Gasteiger partial charge in [0.1, 0.15) is 5.75 Å². The van der Waals surface area contributed by atoms with Crippen molar-refractivity contribution in [3.63, 3.8) is 0 Å². The summed E-state index contributed by atoms with van der Waals surface area (Å²) >= 11 is 2.20. The Morgan fingerprint density at radius 2 is 1.96 bits per heavy atom. The third kappa shape index (κ3) is 4.52. The van der Waals surface area contributed by atoms with Crippen LogP contribution in [-0.4, -0.2) is 37.6 Å². The van der Waals surface area contributed by atoms with Gasteiger partial charge in [0, 0.05) is 10.1 Å². The Balaban J connectivity index is 1.76. The van der Waals surface area contributed by atoms with Crippen LogP contribution in [0.15, 0.2) is 48.5 Å². The third-order valence-corrected chi connectivity index (χ3v) is 5.58. The number of likely N-dealkylation sites (tertiary alicyclic amines) is 1. The molecule has 1 atom stereocenters. The van der Waals surface area contributed by atoms with E-state index in [1.165, 1.54) is 18.4 Å². The highest BCUT2D eigenvalue weighted by Crippen LogP contribution is 2.27. The second-order valence-electron chi connectivity index (χ2n) is 6.23. The predicted octanol–water partition coefficient (Wildman–Crippen LogP) is 3.87. The molecule has 1 N–H and O–H groups in total. The van der Waals surface area contributed by atoms with E-state index in [1.54, 1.807) is 7.11 Å². The monoisotopic (exact) mass is 450 g/mol. The maximum absolute atomic E-state index is 12.6. The molecule has 0 spiro atoms. The maximum Gasteiger partial charge on any atom is 0.252 e. The fourth-order valence-electron chi connectivity index (χ4n) is 3.29. The number of methoxy groups -OCH3 is 1. The molecule has 0 saturated carbocycles. The van der Waals surface area contributed by atoms with Crippen LogP contribution >= 0.6 is 22.6 Å². The summed E-state index contributed by atoms with van der Waals surface area (Å²) in [5.41, 5.74) is 1.92. The zero-order chi connectivity index (χ0) is 17.6. The molecular weight excluding hydrogens is 427 g/mol. The second-order valence-corrected chi connectivity index (χ2v) is 7.39. The first-order valence-electron chi connectivity index (χ1n) is 8.60. The molecule has 25 heavy (non-hydrogen) atoms. The van der Waals surface area contributed by atoms with Gasteiger partial charge in [-0.05, 0) is 78.4 Å². The van der Waals surface area contributed by atoms with E-state index < -0.39 is 0 Å². The summed E-state index contributed by atoms with van der Waals surface area (Å²) < 4.78 is 6.34. The number of hydrogen-bond acceptors (Lipinski definition) is 3. The third-order valence-electron chi connectivity index (χ3n) is 4.63. The molecule has 1 fully saturated rings. The largest absolute Gasteiger partial charge is 0.497 e. The summed E-state index contributed by atoms with van der Waals surface area (Å²) in [7, 11) is 1.68. The van der Waals surface area contributed by atoms with Gasteiger partial charge in [-0.2, -0.15) is 0 Å². The van der Waals surface area contributed by atoms with E-state index in [4.69, 9.17) is 4.74 Å². The van der Waals surface area contributed by atoms with Crippen LogP contribution in [0.4, 0.5) is 0 Å². The standard InChI is InChI=1S/C20H23IN2O2/c1-25-16-8-6-7-15(13-16)19(23-11-4-5-12-23)14-22-20(24)17-9-2-3-10-18(17)21/h2-3,6-10,13,19H,4-5,11-12,14H2,1H3,(H,22,24). The van der Waals surface area contributed by atoms with E-state index in [9.17, 15) is 4.79 Å². The van der Waals surface area contributed by atoms with E-state index in [0.717, 1.165) is 28.0 Å². The van der Waals surface area contributed by atoms with Gasteiger partial charge < -0.3 is 10.1 Å². The maximum atomic E-state index is 12.6. The molecule has 132 valence electrons. The number of benzene rings is 2. The van der Waals surface area contributed by atoms with Crippen molar-refractivity contribution in [1.29, 1.82) is 0 Å². The van der Waals surface area contributed by atoms with Gasteiger partial charge in [-0.15, -0.1) is 0 Å². The second kappa shape index (κ2) is 8.67. The van der Waals surface area contributed by atoms with Gasteiger partial charge in [0.25, 0.3) is 5.91 Å². The Bertz CT molecular complexity index is 729. The molecule has 5 heteroatoms. The van der Waals surface area contributed by atoms with Crippen molar-refractivity contribution in [2.45, 2.75) is 18.9 Å². The SMILES string of the molecule is COc1cccc(C(CNC(=O)c2ccccc2I)N2CCCC2)c1. The Morgan fingerprint density at radius 3 is 2.68 bits per heavy atom. The number of nitrogens with one attached hydrogen (secondary N) is 1. The smallest absolute Gasteiger partial charge is 0.252 e. The highest BCUT2D eigenvalue weighted by atomic mass is 127. The molecular formula is C20H23IN2O2. The first-order chi connectivity index (χ1) is 12.2. The summed E-state index contributed by atoms with van der Waals surface area (Å²) in [5.74, 6) is 0.836. The van der Waals surface area contributed by atoms with Crippen LogP contribution in [-0.2, 0) is 0 Å². The number of halogens is 1. The molecule has 0 aliphatic carbocycles. The van der Waals surface area contributed by atoms with E-state index in [0.29, 0.717) is 6.54 Å². The van der Waals surface area contributed by atoms with Gasteiger partial charge in [-0.1, -0.05) is 24.3 Å². The lowest BCUT2D eigenvalue weighted by molar-refractivity contribution is 0.0937. The van der Waals surface area contributed by atoms with Gasteiger partial charge >= 0.3 is 0 Å². The molecule has 2 aromatic rings. The van der Waals surface area contributed by atoms with Crippen molar-refractivity contribution >= 4 is 28.5 Å². The minimum Gasteiger partial charge on any atom is -0.497 e. The van der Waals surface area contributed by atoms with Crippen molar-refractivity contribution in [1.82, 2.24) is 10.2 Å². The summed E-state index contributed by atoms with van der Waals surface area (Å²) in [6.45, 7) is 2.73. The molecule has 1 saturated heterocycles. The molecule has 0 aromatic heterocycles. The predicted molar refractivity (Wildman–Crippen MR) is 108 cm³/mol. The van der Waals surface area contributed by atoms with Crippen LogP contribution in [0, 0.1) is 3.57 Å². The fraction of sp³-hybridized carbons (Fsp3) is 0.350. The topological polar surface area (TPSA) is 41.6 Å². The first kappa shape index (κ1) is 18.2. The molecule has 3 rings (SSSR count). The lowest BCUT2D eigenvalue weighted by Crippen LogP contribution is -2.37. The van der Waals surface area contributed by atoms with Crippen LogP contribution < -0.4 is 10.1 Å². The van der Waals surface area contributed by atoms with Crippen LogP contribution in [0.3, 0.4) is 0 Å². The molecule has 2 aromatic carbocycles. The molecule has 1 amide bonds. The summed E-state index contributed by atoms with van der Waals surface area (Å²) in [6.07, 6.45) is 2.43. The van der Waals surface area contributed by atoms with Gasteiger partial charge in [0.05, 0.1) is 18.7 Å². The number of rotatable bonds is 6. The van der Waals surface area contributed by atoms with Crippen LogP contribution in [0.2, 0.25) is 0 Å². The quantitative estimate of drug-likeness (QED) is 0.680. The van der Waals surface area contributed by atoms with Crippen molar-refractivity contribution in [3.05, 3.63) is 63.2 Å². The highest BCUT2D eigenvalue weighted by Gasteiger charge is 2.24. The van der Waals surface area contributed by atoms with Crippen LogP contribution in [0.5, 0.6) is 5.75 Å². The average molecular weight is 450 g/mol. The molecule has 1 aliphatic rings. The number of carbonyl (C=O) groups is 1. The molecule has 1 heterocycles. The molecule has 0 bridgehead atoms. The lowest BCUT2D eigenvalue weighted by atomic mass is 10.0. The summed E-state index contributed by atoms with van der Waals surface area (Å²) in [4.78, 5) is 15.0. The minimum atomic E-state index is -0.0166. The van der Waals surface area contributed by atoms with Gasteiger partial charge in [0.2, 0.25) is 0 Å². The average Bonchev–Trinajstić information content (AvgIpc) is 3.16. The van der Waals surface area contributed by atoms with Gasteiger partial charge in [0.15, 0.2) is 0 Å². The zero-order valence-corrected chi connectivity index (χ0v) is 16.5. The number of amides is 1. The normalized spacial score (nSPS) is 15.8. The fourth-order valence-corrected chi connectivity index (χ4v) is 3.92. The highest BCUT2D eigenvalue weighted by molar-refractivity contribution is 14.1. The first-order valence-corrected chi connectivity index (χ1v) is 9.67. The van der Waals surface area contributed by atoms with Crippen LogP contribution in [0.25, 0.3) is 0 Å². The lowest BCUT2D eigenvalue weighted by Gasteiger charge is -2.28. The Hall–Kier alpha value is -1.60. The van der Waals surface area contributed by atoms with E-state index in [-0.39, 0.29) is 11.9 Å². The zero-order valence-electron chi connectivity index (χ0n) is 14.4. The molecule has 4 nitrogen and oxygen atoms in total. The summed E-state index contributed by atoms with van der Waals surface area (Å²) in [6, 6.07) is 16.0. The van der Waals surface area contributed by atoms with Crippen molar-refractivity contribution in [3.8, 4) is 5.75 Å². The Kier molecular flexibility index (Phi) is 6.31.